The van der Waals surface area contributed by atoms with Gasteiger partial charge in [-0.25, -0.2) is 8.42 Å². The summed E-state index contributed by atoms with van der Waals surface area (Å²) < 4.78 is 27.8. The Bertz CT molecular complexity index is 977. The summed E-state index contributed by atoms with van der Waals surface area (Å²) in [5, 5.41) is 8.92. The Morgan fingerprint density at radius 1 is 1.20 bits per heavy atom. The molecule has 128 valence electrons. The Kier molecular flexibility index (Phi) is 4.47. The minimum absolute atomic E-state index is 0.0569. The van der Waals surface area contributed by atoms with Crippen LogP contribution in [0.4, 0.5) is 11.4 Å². The minimum Gasteiger partial charge on any atom is -0.312 e. The van der Waals surface area contributed by atoms with Gasteiger partial charge in [-0.2, -0.15) is 5.26 Å². The number of anilines is 2. The second-order valence-electron chi connectivity index (χ2n) is 5.90. The number of amides is 1. The third kappa shape index (κ3) is 3.49. The van der Waals surface area contributed by atoms with Gasteiger partial charge in [0.25, 0.3) is 10.0 Å². The highest BCUT2D eigenvalue weighted by atomic mass is 32.2. The highest BCUT2D eigenvalue weighted by Gasteiger charge is 2.24. The average Bonchev–Trinajstić information content (AvgIpc) is 3.00. The number of hydrogen-bond donors (Lipinski definition) is 1. The fraction of sp³-hybridized carbons (Fsp3) is 0.222. The Hall–Kier alpha value is -2.85. The molecule has 0 atom stereocenters. The fourth-order valence-electron chi connectivity index (χ4n) is 2.89. The number of hydrogen-bond acceptors (Lipinski definition) is 4. The summed E-state index contributed by atoms with van der Waals surface area (Å²) in [6.45, 7) is 2.36. The molecular weight excluding hydrogens is 338 g/mol. The summed E-state index contributed by atoms with van der Waals surface area (Å²) >= 11 is 0. The van der Waals surface area contributed by atoms with Gasteiger partial charge in [0.05, 0.1) is 22.2 Å². The van der Waals surface area contributed by atoms with Crippen LogP contribution in [0.3, 0.4) is 0 Å². The van der Waals surface area contributed by atoms with Crippen molar-refractivity contribution in [3.05, 3.63) is 53.6 Å². The van der Waals surface area contributed by atoms with Gasteiger partial charge in [-0.15, -0.1) is 0 Å². The van der Waals surface area contributed by atoms with E-state index in [0.29, 0.717) is 35.5 Å². The van der Waals surface area contributed by atoms with E-state index in [9.17, 15) is 13.2 Å². The number of nitrogens with zero attached hydrogens (tertiary/aromatic N) is 2. The quantitative estimate of drug-likeness (QED) is 0.913. The van der Waals surface area contributed by atoms with Crippen molar-refractivity contribution in [1.82, 2.24) is 0 Å². The maximum atomic E-state index is 12.6. The SMILES string of the molecule is Cc1cc(N2CCCC2=O)ccc1S(=O)(=O)Nc1cccc(C#N)c1. The van der Waals surface area contributed by atoms with Gasteiger partial charge in [-0.1, -0.05) is 6.07 Å². The normalized spacial score (nSPS) is 14.4. The molecule has 1 fully saturated rings. The summed E-state index contributed by atoms with van der Waals surface area (Å²) in [7, 11) is -3.79. The zero-order chi connectivity index (χ0) is 18.0. The lowest BCUT2D eigenvalue weighted by Crippen LogP contribution is -2.24. The molecule has 0 spiro atoms. The number of carbonyl (C=O) groups excluding carboxylic acids is 1. The highest BCUT2D eigenvalue weighted by Crippen LogP contribution is 2.27. The van der Waals surface area contributed by atoms with Gasteiger partial charge in [0.2, 0.25) is 5.91 Å². The standard InChI is InChI=1S/C18H17N3O3S/c1-13-10-16(21-9-3-6-18(21)22)7-8-17(13)25(23,24)20-15-5-2-4-14(11-15)12-19/h2,4-5,7-8,10-11,20H,3,6,9H2,1H3. The van der Waals surface area contributed by atoms with Crippen LogP contribution in [0.2, 0.25) is 0 Å². The molecule has 0 aromatic heterocycles. The zero-order valence-electron chi connectivity index (χ0n) is 13.7. The Morgan fingerprint density at radius 3 is 2.64 bits per heavy atom. The number of carbonyl (C=O) groups is 1. The molecule has 3 rings (SSSR count). The lowest BCUT2D eigenvalue weighted by atomic mass is 10.2. The predicted molar refractivity (Wildman–Crippen MR) is 94.7 cm³/mol. The molecule has 1 heterocycles. The van der Waals surface area contributed by atoms with Crippen LogP contribution in [0.15, 0.2) is 47.4 Å². The second-order valence-corrected chi connectivity index (χ2v) is 7.55. The summed E-state index contributed by atoms with van der Waals surface area (Å²) in [6.07, 6.45) is 1.34. The molecular formula is C18H17N3O3S. The van der Waals surface area contributed by atoms with Crippen LogP contribution in [-0.2, 0) is 14.8 Å². The van der Waals surface area contributed by atoms with Crippen LogP contribution < -0.4 is 9.62 Å². The van der Waals surface area contributed by atoms with Gasteiger partial charge in [0.15, 0.2) is 0 Å². The third-order valence-electron chi connectivity index (χ3n) is 4.08. The van der Waals surface area contributed by atoms with Crippen molar-refractivity contribution in [3.8, 4) is 6.07 Å². The molecule has 0 unspecified atom stereocenters. The van der Waals surface area contributed by atoms with Gasteiger partial charge in [0, 0.05) is 18.7 Å². The van der Waals surface area contributed by atoms with E-state index in [-0.39, 0.29) is 10.8 Å². The van der Waals surface area contributed by atoms with Crippen molar-refractivity contribution in [2.24, 2.45) is 0 Å². The topological polar surface area (TPSA) is 90.3 Å². The van der Waals surface area contributed by atoms with Crippen LogP contribution in [0, 0.1) is 18.3 Å². The van der Waals surface area contributed by atoms with E-state index >= 15 is 0 Å². The molecule has 6 nitrogen and oxygen atoms in total. The summed E-state index contributed by atoms with van der Waals surface area (Å²) in [4.78, 5) is 13.7. The lowest BCUT2D eigenvalue weighted by molar-refractivity contribution is -0.117. The van der Waals surface area contributed by atoms with E-state index in [2.05, 4.69) is 4.72 Å². The maximum Gasteiger partial charge on any atom is 0.262 e. The van der Waals surface area contributed by atoms with Crippen molar-refractivity contribution in [1.29, 1.82) is 5.26 Å². The Balaban J connectivity index is 1.89. The van der Waals surface area contributed by atoms with E-state index in [0.717, 1.165) is 6.42 Å². The van der Waals surface area contributed by atoms with Crippen molar-refractivity contribution < 1.29 is 13.2 Å². The number of aryl methyl sites for hydroxylation is 1. The molecule has 1 saturated heterocycles. The molecule has 0 aliphatic carbocycles. The number of nitriles is 1. The molecule has 0 saturated carbocycles. The van der Waals surface area contributed by atoms with Gasteiger partial charge < -0.3 is 4.90 Å². The first-order valence-corrected chi connectivity index (χ1v) is 9.33. The largest absolute Gasteiger partial charge is 0.312 e. The average molecular weight is 355 g/mol. The highest BCUT2D eigenvalue weighted by molar-refractivity contribution is 7.92. The number of rotatable bonds is 4. The molecule has 7 heteroatoms. The van der Waals surface area contributed by atoms with Crippen LogP contribution >= 0.6 is 0 Å². The van der Waals surface area contributed by atoms with Crippen LogP contribution in [0.25, 0.3) is 0 Å². The van der Waals surface area contributed by atoms with Crippen molar-refractivity contribution in [2.45, 2.75) is 24.7 Å². The Morgan fingerprint density at radius 2 is 2.00 bits per heavy atom. The molecule has 1 amide bonds. The third-order valence-corrected chi connectivity index (χ3v) is 5.62. The van der Waals surface area contributed by atoms with Crippen molar-refractivity contribution in [3.63, 3.8) is 0 Å². The summed E-state index contributed by atoms with van der Waals surface area (Å²) in [5.41, 5.74) is 1.98. The second kappa shape index (κ2) is 6.57. The van der Waals surface area contributed by atoms with Gasteiger partial charge >= 0.3 is 0 Å². The van der Waals surface area contributed by atoms with Crippen molar-refractivity contribution >= 4 is 27.3 Å². The van der Waals surface area contributed by atoms with Gasteiger partial charge in [0.1, 0.15) is 0 Å². The first-order valence-electron chi connectivity index (χ1n) is 7.85. The fourth-order valence-corrected chi connectivity index (χ4v) is 4.16. The molecule has 2 aromatic rings. The molecule has 1 aliphatic heterocycles. The monoisotopic (exact) mass is 355 g/mol. The molecule has 2 aromatic carbocycles. The Labute approximate surface area is 146 Å². The molecule has 25 heavy (non-hydrogen) atoms. The minimum atomic E-state index is -3.79. The summed E-state index contributed by atoms with van der Waals surface area (Å²) in [5.74, 6) is 0.0569. The molecule has 0 radical (unpaired) electrons. The van der Waals surface area contributed by atoms with E-state index in [1.165, 1.54) is 12.1 Å². The van der Waals surface area contributed by atoms with Crippen molar-refractivity contribution in [2.75, 3.05) is 16.2 Å². The molecule has 1 N–H and O–H groups in total. The lowest BCUT2D eigenvalue weighted by Gasteiger charge is -2.18. The van der Waals surface area contributed by atoms with E-state index in [1.807, 2.05) is 6.07 Å². The van der Waals surface area contributed by atoms with Crippen LogP contribution in [0.1, 0.15) is 24.0 Å². The maximum absolute atomic E-state index is 12.6. The van der Waals surface area contributed by atoms with E-state index < -0.39 is 10.0 Å². The van der Waals surface area contributed by atoms with Crippen LogP contribution in [0.5, 0.6) is 0 Å². The molecule has 0 bridgehead atoms. The smallest absolute Gasteiger partial charge is 0.262 e. The number of benzene rings is 2. The van der Waals surface area contributed by atoms with E-state index in [4.69, 9.17) is 5.26 Å². The predicted octanol–water partition coefficient (Wildman–Crippen LogP) is 2.79. The first kappa shape index (κ1) is 17.0. The van der Waals surface area contributed by atoms with Gasteiger partial charge in [-0.3, -0.25) is 9.52 Å². The van der Waals surface area contributed by atoms with Gasteiger partial charge in [-0.05, 0) is 55.3 Å². The zero-order valence-corrected chi connectivity index (χ0v) is 14.5. The molecule has 1 aliphatic rings. The number of sulfonamides is 1. The number of nitrogens with one attached hydrogen (secondary N) is 1. The summed E-state index contributed by atoms with van der Waals surface area (Å²) in [6, 6.07) is 13.1. The van der Waals surface area contributed by atoms with Crippen LogP contribution in [-0.4, -0.2) is 20.9 Å². The first-order chi connectivity index (χ1) is 11.9. The van der Waals surface area contributed by atoms with E-state index in [1.54, 1.807) is 42.2 Å².